The van der Waals surface area contributed by atoms with Crippen LogP contribution in [0.2, 0.25) is 0 Å². The second-order valence-electron chi connectivity index (χ2n) is 6.67. The largest absolute Gasteiger partial charge is 0.487 e. The zero-order valence-electron chi connectivity index (χ0n) is 16.3. The summed E-state index contributed by atoms with van der Waals surface area (Å²) < 4.78 is 19.2. The Morgan fingerprint density at radius 3 is 2.79 bits per heavy atom. The Morgan fingerprint density at radius 2 is 2.07 bits per heavy atom. The van der Waals surface area contributed by atoms with E-state index in [0.717, 1.165) is 11.3 Å². The van der Waals surface area contributed by atoms with Gasteiger partial charge in [-0.2, -0.15) is 0 Å². The van der Waals surface area contributed by atoms with E-state index in [2.05, 4.69) is 15.6 Å². The lowest BCUT2D eigenvalue weighted by atomic mass is 10.1. The van der Waals surface area contributed by atoms with Crippen molar-refractivity contribution in [2.75, 3.05) is 26.0 Å². The number of hydrogen-bond acceptors (Lipinski definition) is 5. The van der Waals surface area contributed by atoms with Crippen molar-refractivity contribution in [2.24, 2.45) is 0 Å². The molecule has 3 rings (SSSR count). The van der Waals surface area contributed by atoms with Gasteiger partial charge in [0, 0.05) is 23.7 Å². The van der Waals surface area contributed by atoms with Crippen molar-refractivity contribution in [1.82, 2.24) is 15.2 Å². The highest BCUT2D eigenvalue weighted by atomic mass is 32.1. The molecule has 2 amide bonds. The molecule has 0 aliphatic carbocycles. The Bertz CT molecular complexity index is 934. The fourth-order valence-electron chi connectivity index (χ4n) is 2.81. The number of urea groups is 1. The van der Waals surface area contributed by atoms with Gasteiger partial charge in [-0.05, 0) is 43.9 Å². The van der Waals surface area contributed by atoms with Crippen LogP contribution < -0.4 is 15.4 Å². The van der Waals surface area contributed by atoms with Crippen molar-refractivity contribution in [3.63, 3.8) is 0 Å². The first-order valence-corrected chi connectivity index (χ1v) is 10.0. The molecule has 0 spiro atoms. The number of rotatable bonds is 8. The fourth-order valence-corrected chi connectivity index (χ4v) is 3.35. The number of anilines is 1. The maximum Gasteiger partial charge on any atom is 0.319 e. The Morgan fingerprint density at radius 1 is 1.24 bits per heavy atom. The molecule has 0 bridgehead atoms. The molecule has 0 aliphatic rings. The minimum Gasteiger partial charge on any atom is -0.487 e. The first-order chi connectivity index (χ1) is 14.0. The predicted octanol–water partition coefficient (Wildman–Crippen LogP) is 4.29. The first-order valence-electron chi connectivity index (χ1n) is 9.08. The summed E-state index contributed by atoms with van der Waals surface area (Å²) in [4.78, 5) is 18.4. The van der Waals surface area contributed by atoms with E-state index in [4.69, 9.17) is 4.74 Å². The van der Waals surface area contributed by atoms with Crippen LogP contribution >= 0.6 is 11.3 Å². The highest BCUT2D eigenvalue weighted by molar-refractivity contribution is 7.07. The first kappa shape index (κ1) is 20.8. The van der Waals surface area contributed by atoms with Crippen LogP contribution in [0.3, 0.4) is 0 Å². The molecular weight excluding hydrogens is 391 g/mol. The lowest BCUT2D eigenvalue weighted by molar-refractivity contribution is 0.243. The number of aromatic nitrogens is 1. The zero-order chi connectivity index (χ0) is 20.6. The van der Waals surface area contributed by atoms with Crippen LogP contribution in [0.25, 0.3) is 0 Å². The average molecular weight is 415 g/mol. The highest BCUT2D eigenvalue weighted by Gasteiger charge is 2.16. The third kappa shape index (κ3) is 6.27. The smallest absolute Gasteiger partial charge is 0.319 e. The molecule has 152 valence electrons. The van der Waals surface area contributed by atoms with Crippen LogP contribution in [0.5, 0.6) is 5.75 Å². The molecule has 0 radical (unpaired) electrons. The molecule has 2 aromatic carbocycles. The van der Waals surface area contributed by atoms with Crippen molar-refractivity contribution in [1.29, 1.82) is 0 Å². The molecule has 0 aliphatic heterocycles. The summed E-state index contributed by atoms with van der Waals surface area (Å²) in [5.74, 6) is 0.343. The van der Waals surface area contributed by atoms with Crippen LogP contribution in [0, 0.1) is 5.82 Å². The van der Waals surface area contributed by atoms with E-state index in [1.807, 2.05) is 36.5 Å². The number of nitrogens with zero attached hydrogens (tertiary/aromatic N) is 2. The van der Waals surface area contributed by atoms with E-state index in [1.54, 1.807) is 29.8 Å². The molecule has 1 aromatic heterocycles. The highest BCUT2D eigenvalue weighted by Crippen LogP contribution is 2.20. The third-order valence-electron chi connectivity index (χ3n) is 4.27. The van der Waals surface area contributed by atoms with Crippen LogP contribution in [0.4, 0.5) is 14.9 Å². The predicted molar refractivity (Wildman–Crippen MR) is 113 cm³/mol. The van der Waals surface area contributed by atoms with Crippen LogP contribution in [0.1, 0.15) is 17.3 Å². The molecule has 6 nitrogen and oxygen atoms in total. The second kappa shape index (κ2) is 9.99. The minimum atomic E-state index is -0.343. The maximum atomic E-state index is 13.5. The number of halogens is 1. The van der Waals surface area contributed by atoms with Gasteiger partial charge in [-0.25, -0.2) is 14.2 Å². The normalized spacial score (nSPS) is 11.9. The van der Waals surface area contributed by atoms with Crippen molar-refractivity contribution in [3.05, 3.63) is 76.5 Å². The number of ether oxygens (including phenoxy) is 1. The summed E-state index contributed by atoms with van der Waals surface area (Å²) in [6.45, 7) is 0.708. The molecule has 1 atom stereocenters. The van der Waals surface area contributed by atoms with E-state index in [-0.39, 0.29) is 17.9 Å². The summed E-state index contributed by atoms with van der Waals surface area (Å²) in [7, 11) is 3.77. The van der Waals surface area contributed by atoms with E-state index < -0.39 is 0 Å². The number of carbonyl (C=O) groups excluding carboxylic acids is 1. The van der Waals surface area contributed by atoms with Crippen molar-refractivity contribution < 1.29 is 13.9 Å². The van der Waals surface area contributed by atoms with Gasteiger partial charge in [-0.1, -0.05) is 18.2 Å². The summed E-state index contributed by atoms with van der Waals surface area (Å²) >= 11 is 1.51. The number of thiazole rings is 1. The Balaban J connectivity index is 1.55. The number of benzene rings is 2. The number of nitrogens with one attached hydrogen (secondary N) is 2. The molecule has 3 aromatic rings. The second-order valence-corrected chi connectivity index (χ2v) is 7.38. The maximum absolute atomic E-state index is 13.5. The van der Waals surface area contributed by atoms with Crippen LogP contribution in [-0.2, 0) is 6.61 Å². The van der Waals surface area contributed by atoms with Crippen molar-refractivity contribution in [3.8, 4) is 5.75 Å². The zero-order valence-corrected chi connectivity index (χ0v) is 17.1. The third-order valence-corrected chi connectivity index (χ3v) is 4.91. The number of amides is 2. The number of carbonyl (C=O) groups is 1. The SMILES string of the molecule is CN(C)C(CNC(=O)Nc1cccc(OCc2cscn2)c1)c1cccc(F)c1. The molecule has 1 heterocycles. The summed E-state index contributed by atoms with van der Waals surface area (Å²) in [6, 6.07) is 13.1. The Labute approximate surface area is 173 Å². The van der Waals surface area contributed by atoms with Crippen LogP contribution in [-0.4, -0.2) is 36.6 Å². The Hall–Kier alpha value is -2.97. The van der Waals surface area contributed by atoms with Gasteiger partial charge in [-0.3, -0.25) is 0 Å². The van der Waals surface area contributed by atoms with Gasteiger partial charge < -0.3 is 20.3 Å². The lowest BCUT2D eigenvalue weighted by Crippen LogP contribution is -2.36. The molecule has 0 saturated heterocycles. The van der Waals surface area contributed by atoms with Gasteiger partial charge in [0.25, 0.3) is 0 Å². The van der Waals surface area contributed by atoms with E-state index >= 15 is 0 Å². The van der Waals surface area contributed by atoms with Gasteiger partial charge in [0.1, 0.15) is 18.2 Å². The standard InChI is InChI=1S/C21H23FN4O2S/c1-26(2)20(15-5-3-6-16(22)9-15)11-23-21(27)25-17-7-4-8-19(10-17)28-12-18-13-29-14-24-18/h3-10,13-14,20H,11-12H2,1-2H3,(H2,23,25,27). The summed E-state index contributed by atoms with van der Waals surface area (Å²) in [5, 5.41) is 7.56. The topological polar surface area (TPSA) is 66.5 Å². The molecule has 0 saturated carbocycles. The van der Waals surface area contributed by atoms with E-state index in [1.165, 1.54) is 23.5 Å². The van der Waals surface area contributed by atoms with Gasteiger partial charge in [0.2, 0.25) is 0 Å². The summed E-state index contributed by atoms with van der Waals surface area (Å²) in [5.41, 5.74) is 4.03. The van der Waals surface area contributed by atoms with E-state index in [0.29, 0.717) is 24.6 Å². The number of hydrogen-bond donors (Lipinski definition) is 2. The molecule has 8 heteroatoms. The van der Waals surface area contributed by atoms with Gasteiger partial charge in [-0.15, -0.1) is 11.3 Å². The average Bonchev–Trinajstić information content (AvgIpc) is 3.20. The Kier molecular flexibility index (Phi) is 7.15. The molecule has 29 heavy (non-hydrogen) atoms. The van der Waals surface area contributed by atoms with Crippen molar-refractivity contribution >= 4 is 23.1 Å². The van der Waals surface area contributed by atoms with Crippen molar-refractivity contribution in [2.45, 2.75) is 12.6 Å². The van der Waals surface area contributed by atoms with E-state index in [9.17, 15) is 9.18 Å². The van der Waals surface area contributed by atoms with Gasteiger partial charge in [0.15, 0.2) is 0 Å². The monoisotopic (exact) mass is 414 g/mol. The van der Waals surface area contributed by atoms with Gasteiger partial charge in [0.05, 0.1) is 17.2 Å². The molecular formula is C21H23FN4O2S. The molecule has 1 unspecified atom stereocenters. The lowest BCUT2D eigenvalue weighted by Gasteiger charge is -2.25. The van der Waals surface area contributed by atoms with Crippen LogP contribution in [0.15, 0.2) is 59.4 Å². The fraction of sp³-hybridized carbons (Fsp3) is 0.238. The summed E-state index contributed by atoms with van der Waals surface area (Å²) in [6.07, 6.45) is 0. The van der Waals surface area contributed by atoms with Gasteiger partial charge >= 0.3 is 6.03 Å². The molecule has 2 N–H and O–H groups in total. The molecule has 0 fully saturated rings. The quantitative estimate of drug-likeness (QED) is 0.577. The minimum absolute atomic E-state index is 0.149. The number of likely N-dealkylation sites (N-methyl/N-ethyl adjacent to an activating group) is 1.